The number of terminal acetylenes is 1. The third-order valence-corrected chi connectivity index (χ3v) is 2.09. The van der Waals surface area contributed by atoms with Crippen molar-refractivity contribution in [2.75, 3.05) is 19.8 Å². The summed E-state index contributed by atoms with van der Waals surface area (Å²) in [6.45, 7) is 6.96. The van der Waals surface area contributed by atoms with Crippen LogP contribution in [0.25, 0.3) is 0 Å². The van der Waals surface area contributed by atoms with E-state index in [9.17, 15) is 0 Å². The minimum atomic E-state index is 0.521. The van der Waals surface area contributed by atoms with E-state index in [1.54, 1.807) is 0 Å². The van der Waals surface area contributed by atoms with Crippen LogP contribution in [-0.4, -0.2) is 25.8 Å². The second-order valence-electron chi connectivity index (χ2n) is 3.40. The van der Waals surface area contributed by atoms with E-state index in [2.05, 4.69) is 25.1 Å². The summed E-state index contributed by atoms with van der Waals surface area (Å²) < 4.78 is 5.45. The summed E-state index contributed by atoms with van der Waals surface area (Å²) >= 11 is 0. The van der Waals surface area contributed by atoms with Crippen LogP contribution in [0.15, 0.2) is 0 Å². The zero-order valence-corrected chi connectivity index (χ0v) is 9.51. The first kappa shape index (κ1) is 13.5. The molecule has 0 aliphatic heterocycles. The lowest BCUT2D eigenvalue weighted by atomic mass is 10.1. The van der Waals surface area contributed by atoms with Crippen LogP contribution in [0.4, 0.5) is 0 Å². The molecule has 0 aromatic rings. The van der Waals surface area contributed by atoms with Gasteiger partial charge in [0.25, 0.3) is 0 Å². The number of nitrogens with one attached hydrogen (secondary N) is 1. The fourth-order valence-corrected chi connectivity index (χ4v) is 1.37. The first-order valence-electron chi connectivity index (χ1n) is 5.59. The lowest BCUT2D eigenvalue weighted by molar-refractivity contribution is 0.124. The predicted octanol–water partition coefficient (Wildman–Crippen LogP) is 2.19. The molecule has 0 fully saturated rings. The highest BCUT2D eigenvalue weighted by atomic mass is 16.5. The molecular weight excluding hydrogens is 174 g/mol. The van der Waals surface area contributed by atoms with Crippen molar-refractivity contribution in [1.29, 1.82) is 0 Å². The number of ether oxygens (including phenoxy) is 1. The van der Waals surface area contributed by atoms with Crippen molar-refractivity contribution < 1.29 is 4.74 Å². The molecule has 2 nitrogen and oxygen atoms in total. The Hall–Kier alpha value is -0.520. The summed E-state index contributed by atoms with van der Waals surface area (Å²) in [6, 6.07) is 0.521. The number of hydrogen-bond acceptors (Lipinski definition) is 2. The Morgan fingerprint density at radius 3 is 2.64 bits per heavy atom. The highest BCUT2D eigenvalue weighted by Crippen LogP contribution is 2.01. The molecule has 0 aromatic heterocycles. The van der Waals surface area contributed by atoms with E-state index in [0.29, 0.717) is 6.04 Å². The highest BCUT2D eigenvalue weighted by molar-refractivity contribution is 4.85. The van der Waals surface area contributed by atoms with Gasteiger partial charge >= 0.3 is 0 Å². The summed E-state index contributed by atoms with van der Waals surface area (Å²) in [5.74, 6) is 2.68. The summed E-state index contributed by atoms with van der Waals surface area (Å²) in [4.78, 5) is 0. The average molecular weight is 197 g/mol. The van der Waals surface area contributed by atoms with E-state index in [-0.39, 0.29) is 0 Å². The molecule has 0 amide bonds. The second kappa shape index (κ2) is 10.6. The van der Waals surface area contributed by atoms with Crippen molar-refractivity contribution in [3.8, 4) is 12.3 Å². The smallest absolute Gasteiger partial charge is 0.0480 e. The van der Waals surface area contributed by atoms with Gasteiger partial charge in [-0.2, -0.15) is 0 Å². The first-order valence-corrected chi connectivity index (χ1v) is 5.59. The minimum Gasteiger partial charge on any atom is -0.381 e. The van der Waals surface area contributed by atoms with Gasteiger partial charge in [0.05, 0.1) is 0 Å². The van der Waals surface area contributed by atoms with Gasteiger partial charge in [-0.3, -0.25) is 0 Å². The van der Waals surface area contributed by atoms with Gasteiger partial charge in [0.1, 0.15) is 0 Å². The molecule has 0 radical (unpaired) electrons. The van der Waals surface area contributed by atoms with Crippen molar-refractivity contribution in [2.45, 2.75) is 45.6 Å². The monoisotopic (exact) mass is 197 g/mol. The van der Waals surface area contributed by atoms with Gasteiger partial charge in [-0.1, -0.05) is 13.8 Å². The standard InChI is InChI=1S/C12H23NO/c1-4-7-8-12(13-6-3)9-11-14-10-5-2/h1,12-13H,5-11H2,2-3H3. The van der Waals surface area contributed by atoms with Crippen LogP contribution < -0.4 is 5.32 Å². The van der Waals surface area contributed by atoms with E-state index in [4.69, 9.17) is 11.2 Å². The Morgan fingerprint density at radius 2 is 2.07 bits per heavy atom. The van der Waals surface area contributed by atoms with Gasteiger partial charge in [0, 0.05) is 25.7 Å². The molecule has 14 heavy (non-hydrogen) atoms. The largest absolute Gasteiger partial charge is 0.381 e. The summed E-state index contributed by atoms with van der Waals surface area (Å²) in [7, 11) is 0. The van der Waals surface area contributed by atoms with Crippen LogP contribution in [-0.2, 0) is 4.74 Å². The third kappa shape index (κ3) is 8.10. The van der Waals surface area contributed by atoms with Crippen molar-refractivity contribution in [2.24, 2.45) is 0 Å². The maximum atomic E-state index is 5.45. The lowest BCUT2D eigenvalue weighted by Crippen LogP contribution is -2.30. The van der Waals surface area contributed by atoms with Gasteiger partial charge in [0.2, 0.25) is 0 Å². The van der Waals surface area contributed by atoms with E-state index in [0.717, 1.165) is 45.4 Å². The van der Waals surface area contributed by atoms with Gasteiger partial charge < -0.3 is 10.1 Å². The Kier molecular flexibility index (Phi) is 10.2. The zero-order chi connectivity index (χ0) is 10.6. The predicted molar refractivity (Wildman–Crippen MR) is 61.3 cm³/mol. The van der Waals surface area contributed by atoms with E-state index in [1.165, 1.54) is 0 Å². The number of hydrogen-bond donors (Lipinski definition) is 1. The fraction of sp³-hybridized carbons (Fsp3) is 0.833. The van der Waals surface area contributed by atoms with Gasteiger partial charge in [-0.15, -0.1) is 12.3 Å². The molecule has 0 saturated carbocycles. The van der Waals surface area contributed by atoms with Crippen molar-refractivity contribution in [3.63, 3.8) is 0 Å². The molecule has 0 aromatic carbocycles. The SMILES string of the molecule is C#CCCC(CCOCCC)NCC. The van der Waals surface area contributed by atoms with Crippen molar-refractivity contribution in [3.05, 3.63) is 0 Å². The Labute approximate surface area is 88.4 Å². The lowest BCUT2D eigenvalue weighted by Gasteiger charge is -2.16. The molecule has 0 bridgehead atoms. The third-order valence-electron chi connectivity index (χ3n) is 2.09. The highest BCUT2D eigenvalue weighted by Gasteiger charge is 2.05. The maximum Gasteiger partial charge on any atom is 0.0480 e. The normalized spacial score (nSPS) is 12.4. The summed E-state index contributed by atoms with van der Waals surface area (Å²) in [6.07, 6.45) is 9.31. The Balaban J connectivity index is 3.46. The van der Waals surface area contributed by atoms with E-state index in [1.807, 2.05) is 0 Å². The van der Waals surface area contributed by atoms with Crippen LogP contribution in [0.2, 0.25) is 0 Å². The molecule has 1 atom stereocenters. The molecule has 0 aliphatic carbocycles. The van der Waals surface area contributed by atoms with Gasteiger partial charge in [-0.05, 0) is 25.8 Å². The zero-order valence-electron chi connectivity index (χ0n) is 9.51. The quantitative estimate of drug-likeness (QED) is 0.452. The molecule has 0 aliphatic rings. The number of rotatable bonds is 9. The fourth-order valence-electron chi connectivity index (χ4n) is 1.37. The van der Waals surface area contributed by atoms with Crippen LogP contribution in [0, 0.1) is 12.3 Å². The first-order chi connectivity index (χ1) is 6.85. The Bertz CT molecular complexity index is 151. The molecule has 82 valence electrons. The average Bonchev–Trinajstić information content (AvgIpc) is 2.20. The Morgan fingerprint density at radius 1 is 1.29 bits per heavy atom. The molecular formula is C12H23NO. The summed E-state index contributed by atoms with van der Waals surface area (Å²) in [5, 5.41) is 3.42. The molecule has 0 rings (SSSR count). The molecule has 0 spiro atoms. The van der Waals surface area contributed by atoms with E-state index >= 15 is 0 Å². The second-order valence-corrected chi connectivity index (χ2v) is 3.40. The van der Waals surface area contributed by atoms with E-state index < -0.39 is 0 Å². The van der Waals surface area contributed by atoms with Crippen LogP contribution in [0.3, 0.4) is 0 Å². The van der Waals surface area contributed by atoms with Gasteiger partial charge in [0.15, 0.2) is 0 Å². The molecule has 1 unspecified atom stereocenters. The maximum absolute atomic E-state index is 5.45. The van der Waals surface area contributed by atoms with Crippen molar-refractivity contribution >= 4 is 0 Å². The molecule has 1 N–H and O–H groups in total. The topological polar surface area (TPSA) is 21.3 Å². The van der Waals surface area contributed by atoms with Crippen molar-refractivity contribution in [1.82, 2.24) is 5.32 Å². The van der Waals surface area contributed by atoms with Crippen LogP contribution in [0.1, 0.15) is 39.5 Å². The van der Waals surface area contributed by atoms with Crippen LogP contribution in [0.5, 0.6) is 0 Å². The van der Waals surface area contributed by atoms with Gasteiger partial charge in [-0.25, -0.2) is 0 Å². The molecule has 0 saturated heterocycles. The molecule has 2 heteroatoms. The summed E-state index contributed by atoms with van der Waals surface area (Å²) in [5.41, 5.74) is 0. The molecule has 0 heterocycles. The van der Waals surface area contributed by atoms with Crippen LogP contribution >= 0.6 is 0 Å². The minimum absolute atomic E-state index is 0.521.